The number of nitrogens with two attached hydrogens (primary N) is 1. The average Bonchev–Trinajstić information content (AvgIpc) is 2.99. The van der Waals surface area contributed by atoms with Gasteiger partial charge in [0.05, 0.1) is 10.4 Å². The second-order valence-corrected chi connectivity index (χ2v) is 10.0. The Labute approximate surface area is 162 Å². The minimum absolute atomic E-state index is 0. The number of thioether (sulfide) groups is 1. The van der Waals surface area contributed by atoms with Gasteiger partial charge in [0, 0.05) is 26.2 Å². The quantitative estimate of drug-likeness (QED) is 0.738. The minimum atomic E-state index is -3.53. The molecule has 138 valence electrons. The van der Waals surface area contributed by atoms with E-state index in [1.54, 1.807) is 22.7 Å². The van der Waals surface area contributed by atoms with Crippen molar-refractivity contribution in [3.63, 3.8) is 0 Å². The molecule has 1 aromatic rings. The van der Waals surface area contributed by atoms with Crippen LogP contribution in [0, 0.1) is 0 Å². The Morgan fingerprint density at radius 1 is 1.38 bits per heavy atom. The third-order valence-corrected chi connectivity index (χ3v) is 7.88. The highest BCUT2D eigenvalue weighted by Crippen LogP contribution is 2.28. The predicted molar refractivity (Wildman–Crippen MR) is 103 cm³/mol. The van der Waals surface area contributed by atoms with Gasteiger partial charge in [0.25, 0.3) is 10.0 Å². The van der Waals surface area contributed by atoms with Crippen molar-refractivity contribution in [2.24, 2.45) is 5.73 Å². The molecule has 0 aromatic carbocycles. The number of carbonyl (C=O) groups is 1. The number of nitrogens with zero attached hydrogens (tertiary/aromatic N) is 2. The van der Waals surface area contributed by atoms with E-state index >= 15 is 0 Å². The molecular formula is C13H21Cl2N3O3S3. The van der Waals surface area contributed by atoms with Crippen LogP contribution in [0.25, 0.3) is 0 Å². The molecule has 11 heteroatoms. The number of amides is 1. The maximum absolute atomic E-state index is 12.5. The monoisotopic (exact) mass is 433 g/mol. The number of rotatable bonds is 6. The molecule has 1 amide bonds. The molecule has 1 aromatic heterocycles. The smallest absolute Gasteiger partial charge is 0.252 e. The molecule has 2 heterocycles. The van der Waals surface area contributed by atoms with Gasteiger partial charge in [0.1, 0.15) is 4.21 Å². The van der Waals surface area contributed by atoms with E-state index in [0.29, 0.717) is 23.8 Å². The van der Waals surface area contributed by atoms with Crippen LogP contribution in [0.1, 0.15) is 6.42 Å². The summed E-state index contributed by atoms with van der Waals surface area (Å²) in [4.78, 5) is 13.9. The highest BCUT2D eigenvalue weighted by molar-refractivity contribution is 7.98. The third-order valence-electron chi connectivity index (χ3n) is 3.64. The number of hydrogen-bond acceptors (Lipinski definition) is 6. The van der Waals surface area contributed by atoms with Gasteiger partial charge in [-0.05, 0) is 30.6 Å². The molecule has 1 aliphatic heterocycles. The van der Waals surface area contributed by atoms with Crippen molar-refractivity contribution in [3.05, 3.63) is 16.5 Å². The minimum Gasteiger partial charge on any atom is -0.339 e. The first-order valence-electron chi connectivity index (χ1n) is 7.15. The summed E-state index contributed by atoms with van der Waals surface area (Å²) in [6.07, 6.45) is 2.60. The molecule has 0 bridgehead atoms. The zero-order chi connectivity index (χ0) is 17.0. The number of sulfonamides is 1. The molecule has 1 fully saturated rings. The van der Waals surface area contributed by atoms with Crippen LogP contribution >= 0.6 is 47.1 Å². The van der Waals surface area contributed by atoms with Crippen molar-refractivity contribution in [2.45, 2.75) is 16.7 Å². The normalized spacial score (nSPS) is 17.4. The van der Waals surface area contributed by atoms with Gasteiger partial charge in [0.15, 0.2) is 0 Å². The van der Waals surface area contributed by atoms with Crippen molar-refractivity contribution in [1.29, 1.82) is 0 Å². The van der Waals surface area contributed by atoms with Gasteiger partial charge in [-0.25, -0.2) is 8.42 Å². The Morgan fingerprint density at radius 2 is 2.00 bits per heavy atom. The number of thiophene rings is 1. The Hall–Kier alpha value is -0.0300. The van der Waals surface area contributed by atoms with Crippen molar-refractivity contribution < 1.29 is 13.2 Å². The number of piperazine rings is 1. The fourth-order valence-electron chi connectivity index (χ4n) is 2.32. The first-order valence-corrected chi connectivity index (χ1v) is 11.2. The fourth-order valence-corrected chi connectivity index (χ4v) is 5.86. The van der Waals surface area contributed by atoms with Gasteiger partial charge in [-0.15, -0.1) is 23.7 Å². The Balaban J connectivity index is 0.00000288. The van der Waals surface area contributed by atoms with Crippen LogP contribution < -0.4 is 5.73 Å². The first-order chi connectivity index (χ1) is 10.9. The topological polar surface area (TPSA) is 83.7 Å². The van der Waals surface area contributed by atoms with E-state index in [9.17, 15) is 13.2 Å². The highest BCUT2D eigenvalue weighted by atomic mass is 35.5. The fraction of sp³-hybridized carbons (Fsp3) is 0.615. The van der Waals surface area contributed by atoms with Crippen LogP contribution in [0.5, 0.6) is 0 Å². The molecule has 0 unspecified atom stereocenters. The standard InChI is InChI=1S/C13H20ClN3O3S3.ClH/c1-21-9-4-10(15)13(18)16-5-7-17(8-6-16)23(19,20)12-3-2-11(14)22-12;/h2-3,10H,4-9,15H2,1H3;1H/t10-;/m0./s1. The second-order valence-electron chi connectivity index (χ2n) is 5.18. The lowest BCUT2D eigenvalue weighted by Gasteiger charge is -2.34. The van der Waals surface area contributed by atoms with E-state index in [1.807, 2.05) is 6.26 Å². The summed E-state index contributed by atoms with van der Waals surface area (Å²) in [5.74, 6) is 0.732. The molecule has 0 spiro atoms. The van der Waals surface area contributed by atoms with Crippen LogP contribution in [0.4, 0.5) is 0 Å². The Morgan fingerprint density at radius 3 is 2.50 bits per heavy atom. The summed E-state index contributed by atoms with van der Waals surface area (Å²) < 4.78 is 27.1. The van der Waals surface area contributed by atoms with E-state index in [0.717, 1.165) is 17.1 Å². The van der Waals surface area contributed by atoms with Crippen molar-refractivity contribution in [1.82, 2.24) is 9.21 Å². The molecule has 1 atom stereocenters. The second kappa shape index (κ2) is 9.61. The lowest BCUT2D eigenvalue weighted by atomic mass is 10.2. The summed E-state index contributed by atoms with van der Waals surface area (Å²) >= 11 is 8.51. The molecule has 1 aliphatic rings. The Bertz CT molecular complexity index is 646. The Kier molecular flexibility index (Phi) is 8.81. The van der Waals surface area contributed by atoms with Crippen molar-refractivity contribution in [2.75, 3.05) is 38.2 Å². The maximum atomic E-state index is 12.5. The summed E-state index contributed by atoms with van der Waals surface area (Å²) in [6, 6.07) is 2.57. The molecule has 0 aliphatic carbocycles. The first kappa shape index (κ1) is 22.0. The largest absolute Gasteiger partial charge is 0.339 e. The SMILES string of the molecule is CSCC[C@H](N)C(=O)N1CCN(S(=O)(=O)c2ccc(Cl)s2)CC1.Cl. The number of hydrogen-bond donors (Lipinski definition) is 1. The summed E-state index contributed by atoms with van der Waals surface area (Å²) in [7, 11) is -3.53. The molecule has 2 rings (SSSR count). The lowest BCUT2D eigenvalue weighted by molar-refractivity contribution is -0.133. The molecule has 24 heavy (non-hydrogen) atoms. The highest BCUT2D eigenvalue weighted by Gasteiger charge is 2.32. The van der Waals surface area contributed by atoms with Gasteiger partial charge in [-0.3, -0.25) is 4.79 Å². The van der Waals surface area contributed by atoms with E-state index in [-0.39, 0.29) is 35.6 Å². The molecule has 1 saturated heterocycles. The molecule has 0 radical (unpaired) electrons. The average molecular weight is 434 g/mol. The van der Waals surface area contributed by atoms with Crippen LogP contribution in [0.15, 0.2) is 16.3 Å². The molecular weight excluding hydrogens is 413 g/mol. The summed E-state index contributed by atoms with van der Waals surface area (Å²) in [5.41, 5.74) is 5.90. The van der Waals surface area contributed by atoms with Crippen molar-refractivity contribution in [3.8, 4) is 0 Å². The summed E-state index contributed by atoms with van der Waals surface area (Å²) in [6.45, 7) is 1.28. The molecule has 6 nitrogen and oxygen atoms in total. The molecule has 0 saturated carbocycles. The van der Waals surface area contributed by atoms with Crippen LogP contribution in [-0.2, 0) is 14.8 Å². The van der Waals surface area contributed by atoms with Crippen LogP contribution in [-0.4, -0.2) is 67.8 Å². The van der Waals surface area contributed by atoms with Gasteiger partial charge in [-0.1, -0.05) is 11.6 Å². The van der Waals surface area contributed by atoms with Gasteiger partial charge < -0.3 is 10.6 Å². The zero-order valence-electron chi connectivity index (χ0n) is 13.2. The summed E-state index contributed by atoms with van der Waals surface area (Å²) in [5, 5.41) is 0. The molecule has 2 N–H and O–H groups in total. The van der Waals surface area contributed by atoms with Gasteiger partial charge in [0.2, 0.25) is 5.91 Å². The van der Waals surface area contributed by atoms with Crippen LogP contribution in [0.3, 0.4) is 0 Å². The van der Waals surface area contributed by atoms with E-state index in [1.165, 1.54) is 10.4 Å². The maximum Gasteiger partial charge on any atom is 0.252 e. The van der Waals surface area contributed by atoms with Gasteiger partial charge >= 0.3 is 0 Å². The van der Waals surface area contributed by atoms with Gasteiger partial charge in [-0.2, -0.15) is 16.1 Å². The van der Waals surface area contributed by atoms with E-state index in [4.69, 9.17) is 17.3 Å². The van der Waals surface area contributed by atoms with Crippen molar-refractivity contribution >= 4 is 63.0 Å². The zero-order valence-corrected chi connectivity index (χ0v) is 17.2. The number of halogens is 2. The lowest BCUT2D eigenvalue weighted by Crippen LogP contribution is -2.54. The number of carbonyl (C=O) groups excluding carboxylic acids is 1. The van der Waals surface area contributed by atoms with E-state index < -0.39 is 16.1 Å². The van der Waals surface area contributed by atoms with Crippen LogP contribution in [0.2, 0.25) is 4.34 Å². The predicted octanol–water partition coefficient (Wildman–Crippen LogP) is 1.74. The van der Waals surface area contributed by atoms with E-state index in [2.05, 4.69) is 0 Å². The third kappa shape index (κ3) is 5.23.